The van der Waals surface area contributed by atoms with E-state index in [4.69, 9.17) is 9.15 Å². The molecule has 0 aliphatic carbocycles. The van der Waals surface area contributed by atoms with E-state index in [2.05, 4.69) is 9.88 Å². The van der Waals surface area contributed by atoms with E-state index >= 15 is 0 Å². The summed E-state index contributed by atoms with van der Waals surface area (Å²) < 4.78 is 11.9. The van der Waals surface area contributed by atoms with Gasteiger partial charge in [0.25, 0.3) is 0 Å². The number of ether oxygens (including phenoxy) is 1. The number of oxazole rings is 1. The van der Waals surface area contributed by atoms with Gasteiger partial charge in [-0.05, 0) is 61.2 Å². The average Bonchev–Trinajstić information content (AvgIpc) is 3.49. The molecule has 1 saturated heterocycles. The lowest BCUT2D eigenvalue weighted by molar-refractivity contribution is -0.142. The Labute approximate surface area is 211 Å². The van der Waals surface area contributed by atoms with Crippen molar-refractivity contribution in [3.05, 3.63) is 102 Å². The van der Waals surface area contributed by atoms with Crippen LogP contribution >= 0.6 is 0 Å². The molecule has 36 heavy (non-hydrogen) atoms. The SMILES string of the molecule is Cc1oc(-c2ccccc2)nc1CCOc1cccc(CC2CN(c3ccccc3)C[C@H]2C(=O)O)c1. The summed E-state index contributed by atoms with van der Waals surface area (Å²) in [5.41, 5.74) is 4.00. The molecular formula is C30H30N2O4. The summed E-state index contributed by atoms with van der Waals surface area (Å²) in [6.07, 6.45) is 1.34. The molecule has 0 amide bonds. The Hall–Kier alpha value is -4.06. The van der Waals surface area contributed by atoms with Crippen molar-refractivity contribution in [2.75, 3.05) is 24.6 Å². The van der Waals surface area contributed by atoms with Crippen LogP contribution in [0, 0.1) is 18.8 Å². The Morgan fingerprint density at radius 1 is 1.03 bits per heavy atom. The van der Waals surface area contributed by atoms with Crippen LogP contribution in [0.25, 0.3) is 11.5 Å². The highest BCUT2D eigenvalue weighted by molar-refractivity contribution is 5.72. The van der Waals surface area contributed by atoms with Crippen molar-refractivity contribution in [3.63, 3.8) is 0 Å². The minimum Gasteiger partial charge on any atom is -0.493 e. The van der Waals surface area contributed by atoms with Crippen molar-refractivity contribution < 1.29 is 19.1 Å². The van der Waals surface area contributed by atoms with Crippen LogP contribution in [-0.2, 0) is 17.6 Å². The summed E-state index contributed by atoms with van der Waals surface area (Å²) in [5.74, 6) is 1.11. The number of hydrogen-bond acceptors (Lipinski definition) is 5. The average molecular weight is 483 g/mol. The quantitative estimate of drug-likeness (QED) is 0.332. The number of para-hydroxylation sites is 1. The highest BCUT2D eigenvalue weighted by atomic mass is 16.5. The normalized spacial score (nSPS) is 17.3. The number of benzene rings is 3. The first kappa shape index (κ1) is 23.7. The second-order valence-corrected chi connectivity index (χ2v) is 9.28. The van der Waals surface area contributed by atoms with E-state index in [1.807, 2.05) is 91.9 Å². The van der Waals surface area contributed by atoms with Gasteiger partial charge in [0, 0.05) is 30.8 Å². The standard InChI is InChI=1S/C30H30N2O4/c1-21-28(31-29(36-21)23-10-4-2-5-11-23)15-16-35-26-14-8-9-22(18-26)17-24-19-32(20-27(24)30(33)34)25-12-6-3-7-13-25/h2-14,18,24,27H,15-17,19-20H2,1H3,(H,33,34)/t24?,27-/m1/s1. The topological polar surface area (TPSA) is 75.8 Å². The number of hydrogen-bond donors (Lipinski definition) is 1. The van der Waals surface area contributed by atoms with Gasteiger partial charge in [-0.1, -0.05) is 48.5 Å². The fourth-order valence-electron chi connectivity index (χ4n) is 4.90. The lowest BCUT2D eigenvalue weighted by Crippen LogP contribution is -2.24. The van der Waals surface area contributed by atoms with Crippen molar-refractivity contribution >= 4 is 11.7 Å². The van der Waals surface area contributed by atoms with E-state index in [1.165, 1.54) is 0 Å². The van der Waals surface area contributed by atoms with Gasteiger partial charge in [0.05, 0.1) is 18.2 Å². The summed E-state index contributed by atoms with van der Waals surface area (Å²) in [5, 5.41) is 9.84. The number of rotatable bonds is 9. The third-order valence-electron chi connectivity index (χ3n) is 6.80. The molecule has 1 N–H and O–H groups in total. The van der Waals surface area contributed by atoms with Crippen molar-refractivity contribution in [2.24, 2.45) is 11.8 Å². The van der Waals surface area contributed by atoms with Crippen molar-refractivity contribution in [3.8, 4) is 17.2 Å². The van der Waals surface area contributed by atoms with E-state index in [1.54, 1.807) is 0 Å². The van der Waals surface area contributed by atoms with Crippen LogP contribution in [0.2, 0.25) is 0 Å². The molecule has 6 heteroatoms. The van der Waals surface area contributed by atoms with Crippen LogP contribution in [0.1, 0.15) is 17.0 Å². The van der Waals surface area contributed by atoms with Crippen molar-refractivity contribution in [1.29, 1.82) is 0 Å². The van der Waals surface area contributed by atoms with E-state index in [9.17, 15) is 9.90 Å². The molecule has 0 bridgehead atoms. The number of carboxylic acid groups (broad SMARTS) is 1. The highest BCUT2D eigenvalue weighted by Gasteiger charge is 2.37. The molecule has 4 aromatic rings. The second-order valence-electron chi connectivity index (χ2n) is 9.28. The molecule has 5 rings (SSSR count). The van der Waals surface area contributed by atoms with Crippen LogP contribution in [0.5, 0.6) is 5.75 Å². The zero-order valence-corrected chi connectivity index (χ0v) is 20.3. The number of nitrogens with zero attached hydrogens (tertiary/aromatic N) is 2. The van der Waals surface area contributed by atoms with Crippen LogP contribution in [0.4, 0.5) is 5.69 Å². The van der Waals surface area contributed by atoms with Crippen LogP contribution < -0.4 is 9.64 Å². The molecule has 1 unspecified atom stereocenters. The number of carboxylic acids is 1. The molecule has 0 radical (unpaired) electrons. The number of carbonyl (C=O) groups is 1. The van der Waals surface area contributed by atoms with E-state index in [0.717, 1.165) is 40.6 Å². The molecule has 3 aromatic carbocycles. The summed E-state index contributed by atoms with van der Waals surface area (Å²) in [7, 11) is 0. The Kier molecular flexibility index (Phi) is 7.03. The second kappa shape index (κ2) is 10.7. The lowest BCUT2D eigenvalue weighted by atomic mass is 9.90. The number of aromatic nitrogens is 1. The highest BCUT2D eigenvalue weighted by Crippen LogP contribution is 2.31. The zero-order chi connectivity index (χ0) is 24.9. The van der Waals surface area contributed by atoms with Gasteiger partial charge in [0.2, 0.25) is 5.89 Å². The van der Waals surface area contributed by atoms with E-state index in [0.29, 0.717) is 31.9 Å². The van der Waals surface area contributed by atoms with Gasteiger partial charge in [0.1, 0.15) is 11.5 Å². The van der Waals surface area contributed by atoms with Gasteiger partial charge >= 0.3 is 5.97 Å². The number of anilines is 1. The van der Waals surface area contributed by atoms with Crippen molar-refractivity contribution in [2.45, 2.75) is 19.8 Å². The van der Waals surface area contributed by atoms with Gasteiger partial charge in [-0.25, -0.2) is 4.98 Å². The molecule has 1 aliphatic heterocycles. The Balaban J connectivity index is 1.20. The first-order chi connectivity index (χ1) is 17.6. The predicted octanol–water partition coefficient (Wildman–Crippen LogP) is 5.65. The Morgan fingerprint density at radius 3 is 2.53 bits per heavy atom. The number of aliphatic carboxylic acids is 1. The smallest absolute Gasteiger partial charge is 0.308 e. The van der Waals surface area contributed by atoms with Gasteiger partial charge < -0.3 is 19.2 Å². The number of aryl methyl sites for hydroxylation is 1. The van der Waals surface area contributed by atoms with Crippen LogP contribution in [-0.4, -0.2) is 35.8 Å². The molecule has 6 nitrogen and oxygen atoms in total. The fourth-order valence-corrected chi connectivity index (χ4v) is 4.90. The maximum Gasteiger partial charge on any atom is 0.308 e. The van der Waals surface area contributed by atoms with Crippen LogP contribution in [0.3, 0.4) is 0 Å². The van der Waals surface area contributed by atoms with Gasteiger partial charge in [-0.2, -0.15) is 0 Å². The summed E-state index contributed by atoms with van der Waals surface area (Å²) in [6, 6.07) is 27.9. The lowest BCUT2D eigenvalue weighted by Gasteiger charge is -2.18. The molecular weight excluding hydrogens is 452 g/mol. The monoisotopic (exact) mass is 482 g/mol. The molecule has 1 aromatic heterocycles. The maximum absolute atomic E-state index is 12.0. The zero-order valence-electron chi connectivity index (χ0n) is 20.3. The molecule has 2 atom stereocenters. The van der Waals surface area contributed by atoms with E-state index in [-0.39, 0.29) is 5.92 Å². The largest absolute Gasteiger partial charge is 0.493 e. The molecule has 184 valence electrons. The third-order valence-corrected chi connectivity index (χ3v) is 6.80. The molecule has 0 saturated carbocycles. The first-order valence-electron chi connectivity index (χ1n) is 12.3. The van der Waals surface area contributed by atoms with Gasteiger partial charge in [0.15, 0.2) is 0 Å². The summed E-state index contributed by atoms with van der Waals surface area (Å²) >= 11 is 0. The Morgan fingerprint density at radius 2 is 1.78 bits per heavy atom. The first-order valence-corrected chi connectivity index (χ1v) is 12.3. The summed E-state index contributed by atoms with van der Waals surface area (Å²) in [4.78, 5) is 18.8. The minimum atomic E-state index is -0.733. The predicted molar refractivity (Wildman–Crippen MR) is 139 cm³/mol. The van der Waals surface area contributed by atoms with Gasteiger partial charge in [-0.3, -0.25) is 4.79 Å². The molecule has 1 aliphatic rings. The molecule has 2 heterocycles. The van der Waals surface area contributed by atoms with Crippen molar-refractivity contribution in [1.82, 2.24) is 4.98 Å². The fraction of sp³-hybridized carbons (Fsp3) is 0.267. The minimum absolute atomic E-state index is 0.0344. The molecule has 0 spiro atoms. The molecule has 1 fully saturated rings. The van der Waals surface area contributed by atoms with E-state index < -0.39 is 11.9 Å². The van der Waals surface area contributed by atoms with Crippen LogP contribution in [0.15, 0.2) is 89.3 Å². The summed E-state index contributed by atoms with van der Waals surface area (Å²) in [6.45, 7) is 3.66. The van der Waals surface area contributed by atoms with Gasteiger partial charge in [-0.15, -0.1) is 0 Å². The maximum atomic E-state index is 12.0. The third kappa shape index (κ3) is 5.43. The Bertz CT molecular complexity index is 1300.